The van der Waals surface area contributed by atoms with E-state index in [0.29, 0.717) is 0 Å². The van der Waals surface area contributed by atoms with Gasteiger partial charge in [-0.3, -0.25) is 14.5 Å². The van der Waals surface area contributed by atoms with Crippen LogP contribution in [-0.2, 0) is 19.4 Å². The van der Waals surface area contributed by atoms with E-state index in [2.05, 4.69) is 10.6 Å². The lowest BCUT2D eigenvalue weighted by atomic mass is 9.96. The molecule has 1 saturated heterocycles. The van der Waals surface area contributed by atoms with E-state index >= 15 is 0 Å². The number of sulfone groups is 1. The molecule has 1 aromatic carbocycles. The van der Waals surface area contributed by atoms with Crippen molar-refractivity contribution in [1.29, 1.82) is 0 Å². The van der Waals surface area contributed by atoms with E-state index in [1.165, 1.54) is 24.3 Å². The molecule has 0 aromatic heterocycles. The number of amides is 4. The van der Waals surface area contributed by atoms with Gasteiger partial charge >= 0.3 is 6.03 Å². The highest BCUT2D eigenvalue weighted by atomic mass is 32.2. The molecule has 1 aromatic rings. The maximum atomic E-state index is 12.5. The molecule has 134 valence electrons. The number of carbonyl (C=O) groups is 3. The third-order valence-corrected chi connectivity index (χ3v) is 5.65. The molecule has 2 N–H and O–H groups in total. The Hall–Kier alpha value is -2.42. The van der Waals surface area contributed by atoms with Gasteiger partial charge in [-0.2, -0.15) is 0 Å². The van der Waals surface area contributed by atoms with Crippen LogP contribution in [0.1, 0.15) is 19.8 Å². The number of rotatable bonds is 5. The van der Waals surface area contributed by atoms with Crippen LogP contribution >= 0.6 is 0 Å². The first-order valence-corrected chi connectivity index (χ1v) is 9.74. The van der Waals surface area contributed by atoms with Crippen molar-refractivity contribution in [1.82, 2.24) is 10.2 Å². The number of imide groups is 1. The lowest BCUT2D eigenvalue weighted by molar-refractivity contribution is -0.134. The second-order valence-electron chi connectivity index (χ2n) is 6.65. The van der Waals surface area contributed by atoms with Crippen LogP contribution in [-0.4, -0.2) is 49.5 Å². The standard InChI is InChI=1S/C16H19N3O5S/c1-16(10-6-7-10)14(21)19(15(22)18-16)9-13(20)17-11-4-3-5-12(8-11)25(2,23)24/h3-5,8,10H,6-7,9H2,1-2H3,(H,17,20)(H,18,22)/t16-/m0/s1. The third kappa shape index (κ3) is 3.37. The highest BCUT2D eigenvalue weighted by molar-refractivity contribution is 7.90. The van der Waals surface area contributed by atoms with Crippen molar-refractivity contribution in [2.75, 3.05) is 18.1 Å². The summed E-state index contributed by atoms with van der Waals surface area (Å²) < 4.78 is 23.1. The molecule has 1 atom stereocenters. The smallest absolute Gasteiger partial charge is 0.324 e. The predicted octanol–water partition coefficient (Wildman–Crippen LogP) is 0.749. The van der Waals surface area contributed by atoms with Crippen LogP contribution < -0.4 is 10.6 Å². The fourth-order valence-electron chi connectivity index (χ4n) is 2.95. The summed E-state index contributed by atoms with van der Waals surface area (Å²) in [6.45, 7) is 1.26. The maximum absolute atomic E-state index is 12.5. The third-order valence-electron chi connectivity index (χ3n) is 4.54. The molecule has 1 heterocycles. The largest absolute Gasteiger partial charge is 0.325 e. The van der Waals surface area contributed by atoms with Gasteiger partial charge in [0.05, 0.1) is 4.90 Å². The molecule has 1 aliphatic heterocycles. The van der Waals surface area contributed by atoms with Gasteiger partial charge in [0.1, 0.15) is 12.1 Å². The van der Waals surface area contributed by atoms with Crippen molar-refractivity contribution in [2.45, 2.75) is 30.2 Å². The molecule has 25 heavy (non-hydrogen) atoms. The molecule has 0 unspecified atom stereocenters. The van der Waals surface area contributed by atoms with Gasteiger partial charge in [0.15, 0.2) is 9.84 Å². The van der Waals surface area contributed by atoms with Crippen LogP contribution in [0.2, 0.25) is 0 Å². The topological polar surface area (TPSA) is 113 Å². The quantitative estimate of drug-likeness (QED) is 0.748. The van der Waals surface area contributed by atoms with Crippen molar-refractivity contribution in [2.24, 2.45) is 5.92 Å². The summed E-state index contributed by atoms with van der Waals surface area (Å²) in [4.78, 5) is 37.7. The van der Waals surface area contributed by atoms with Gasteiger partial charge in [-0.25, -0.2) is 13.2 Å². The molecular weight excluding hydrogens is 346 g/mol. The van der Waals surface area contributed by atoms with Crippen molar-refractivity contribution >= 4 is 33.4 Å². The molecule has 0 spiro atoms. The first-order valence-electron chi connectivity index (χ1n) is 7.85. The summed E-state index contributed by atoms with van der Waals surface area (Å²) in [7, 11) is -3.40. The average molecular weight is 365 g/mol. The minimum Gasteiger partial charge on any atom is -0.324 e. The number of anilines is 1. The van der Waals surface area contributed by atoms with E-state index < -0.39 is 39.8 Å². The molecule has 3 rings (SSSR count). The molecular formula is C16H19N3O5S. The fourth-order valence-corrected chi connectivity index (χ4v) is 3.61. The van der Waals surface area contributed by atoms with Gasteiger partial charge in [-0.1, -0.05) is 6.07 Å². The van der Waals surface area contributed by atoms with E-state index in [0.717, 1.165) is 24.0 Å². The number of nitrogens with zero attached hydrogens (tertiary/aromatic N) is 1. The summed E-state index contributed by atoms with van der Waals surface area (Å²) >= 11 is 0. The van der Waals surface area contributed by atoms with Gasteiger partial charge in [0.2, 0.25) is 5.91 Å². The Morgan fingerprint density at radius 3 is 2.64 bits per heavy atom. The lowest BCUT2D eigenvalue weighted by Gasteiger charge is -2.20. The van der Waals surface area contributed by atoms with Crippen LogP contribution in [0.3, 0.4) is 0 Å². The summed E-state index contributed by atoms with van der Waals surface area (Å²) in [5.41, 5.74) is -0.655. The molecule has 2 fully saturated rings. The van der Waals surface area contributed by atoms with Crippen LogP contribution in [0.5, 0.6) is 0 Å². The molecule has 1 aliphatic carbocycles. The minimum absolute atomic E-state index is 0.0709. The average Bonchev–Trinajstić information content (AvgIpc) is 3.33. The van der Waals surface area contributed by atoms with Gasteiger partial charge < -0.3 is 10.6 Å². The van der Waals surface area contributed by atoms with E-state index in [9.17, 15) is 22.8 Å². The first kappa shape index (κ1) is 17.4. The highest BCUT2D eigenvalue weighted by Crippen LogP contribution is 2.42. The van der Waals surface area contributed by atoms with Crippen LogP contribution in [0.25, 0.3) is 0 Å². The number of hydrogen-bond donors (Lipinski definition) is 2. The Labute approximate surface area is 145 Å². The van der Waals surface area contributed by atoms with Crippen LogP contribution in [0, 0.1) is 5.92 Å². The Morgan fingerprint density at radius 1 is 1.36 bits per heavy atom. The minimum atomic E-state index is -3.40. The summed E-state index contributed by atoms with van der Waals surface area (Å²) in [5, 5.41) is 5.19. The molecule has 8 nitrogen and oxygen atoms in total. The van der Waals surface area contributed by atoms with Gasteiger partial charge in [-0.05, 0) is 43.9 Å². The summed E-state index contributed by atoms with van der Waals surface area (Å²) in [6.07, 6.45) is 2.82. The highest BCUT2D eigenvalue weighted by Gasteiger charge is 2.56. The Bertz CT molecular complexity index is 862. The number of nitrogens with one attached hydrogen (secondary N) is 2. The van der Waals surface area contributed by atoms with E-state index in [1.807, 2.05) is 0 Å². The van der Waals surface area contributed by atoms with E-state index in [4.69, 9.17) is 0 Å². The Balaban J connectivity index is 1.69. The second-order valence-corrected chi connectivity index (χ2v) is 8.66. The molecule has 0 radical (unpaired) electrons. The maximum Gasteiger partial charge on any atom is 0.325 e. The molecule has 4 amide bonds. The van der Waals surface area contributed by atoms with Crippen molar-refractivity contribution in [3.63, 3.8) is 0 Å². The van der Waals surface area contributed by atoms with E-state index in [-0.39, 0.29) is 16.5 Å². The molecule has 0 bridgehead atoms. The lowest BCUT2D eigenvalue weighted by Crippen LogP contribution is -2.46. The monoisotopic (exact) mass is 365 g/mol. The molecule has 9 heteroatoms. The number of urea groups is 1. The van der Waals surface area contributed by atoms with Gasteiger partial charge in [0, 0.05) is 11.9 Å². The predicted molar refractivity (Wildman–Crippen MR) is 89.6 cm³/mol. The van der Waals surface area contributed by atoms with Crippen molar-refractivity contribution in [3.05, 3.63) is 24.3 Å². The fraction of sp³-hybridized carbons (Fsp3) is 0.438. The number of hydrogen-bond acceptors (Lipinski definition) is 5. The Morgan fingerprint density at radius 2 is 2.04 bits per heavy atom. The zero-order chi connectivity index (χ0) is 18.4. The van der Waals surface area contributed by atoms with Gasteiger partial charge in [0.25, 0.3) is 5.91 Å². The van der Waals surface area contributed by atoms with E-state index in [1.54, 1.807) is 6.92 Å². The van der Waals surface area contributed by atoms with Crippen molar-refractivity contribution < 1.29 is 22.8 Å². The zero-order valence-corrected chi connectivity index (χ0v) is 14.7. The number of benzene rings is 1. The SMILES string of the molecule is C[C@@]1(C2CC2)NC(=O)N(CC(=O)Nc2cccc(S(C)(=O)=O)c2)C1=O. The normalized spacial score (nSPS) is 23.5. The Kier molecular flexibility index (Phi) is 4.06. The van der Waals surface area contributed by atoms with Gasteiger partial charge in [-0.15, -0.1) is 0 Å². The van der Waals surface area contributed by atoms with Crippen LogP contribution in [0.15, 0.2) is 29.2 Å². The van der Waals surface area contributed by atoms with Crippen molar-refractivity contribution in [3.8, 4) is 0 Å². The molecule has 2 aliphatic rings. The zero-order valence-electron chi connectivity index (χ0n) is 13.9. The molecule has 1 saturated carbocycles. The second kappa shape index (κ2) is 5.83. The van der Waals surface area contributed by atoms with Crippen LogP contribution in [0.4, 0.5) is 10.5 Å². The summed E-state index contributed by atoms with van der Waals surface area (Å²) in [6, 6.07) is 5.20. The first-order chi connectivity index (χ1) is 11.6. The number of carbonyl (C=O) groups excluding carboxylic acids is 3. The summed E-state index contributed by atoms with van der Waals surface area (Å²) in [5.74, 6) is -0.863.